The van der Waals surface area contributed by atoms with Crippen molar-refractivity contribution in [1.29, 1.82) is 0 Å². The van der Waals surface area contributed by atoms with Gasteiger partial charge in [-0.25, -0.2) is 4.98 Å². The minimum Gasteiger partial charge on any atom is -0.389 e. The monoisotopic (exact) mass is 235 g/mol. The Labute approximate surface area is 100 Å². The van der Waals surface area contributed by atoms with Crippen molar-refractivity contribution in [2.24, 2.45) is 11.7 Å². The van der Waals surface area contributed by atoms with Gasteiger partial charge in [-0.1, -0.05) is 0 Å². The van der Waals surface area contributed by atoms with E-state index in [0.717, 1.165) is 24.3 Å². The highest BCUT2D eigenvalue weighted by Gasteiger charge is 2.27. The topological polar surface area (TPSA) is 79.5 Å². The summed E-state index contributed by atoms with van der Waals surface area (Å²) in [7, 11) is 0. The first kappa shape index (κ1) is 11.9. The Morgan fingerprint density at radius 2 is 2.47 bits per heavy atom. The number of aliphatic hydroxyl groups excluding tert-OH is 1. The van der Waals surface area contributed by atoms with E-state index in [-0.39, 0.29) is 11.8 Å². The SMILES string of the molecule is C[C@@H](O)c1ccnc(N2CCC(C(N)=O)C2)c1. The van der Waals surface area contributed by atoms with Gasteiger partial charge in [0.1, 0.15) is 5.82 Å². The Morgan fingerprint density at radius 3 is 3.06 bits per heavy atom. The molecule has 1 saturated heterocycles. The highest BCUT2D eigenvalue weighted by molar-refractivity contribution is 5.78. The maximum absolute atomic E-state index is 11.1. The van der Waals surface area contributed by atoms with Crippen molar-refractivity contribution in [3.05, 3.63) is 23.9 Å². The van der Waals surface area contributed by atoms with Crippen LogP contribution in [0.1, 0.15) is 25.0 Å². The number of nitrogens with two attached hydrogens (primary N) is 1. The molecule has 1 aromatic rings. The number of hydrogen-bond acceptors (Lipinski definition) is 4. The summed E-state index contributed by atoms with van der Waals surface area (Å²) in [6.45, 7) is 3.12. The fourth-order valence-corrected chi connectivity index (χ4v) is 2.07. The largest absolute Gasteiger partial charge is 0.389 e. The second-order valence-electron chi connectivity index (χ2n) is 4.46. The van der Waals surface area contributed by atoms with E-state index in [9.17, 15) is 9.90 Å². The van der Waals surface area contributed by atoms with E-state index in [1.165, 1.54) is 0 Å². The van der Waals surface area contributed by atoms with Crippen LogP contribution in [0.25, 0.3) is 0 Å². The van der Waals surface area contributed by atoms with E-state index in [2.05, 4.69) is 4.98 Å². The van der Waals surface area contributed by atoms with Crippen LogP contribution in [0.5, 0.6) is 0 Å². The standard InChI is InChI=1S/C12H17N3O2/c1-8(16)9-2-4-14-11(6-9)15-5-3-10(7-15)12(13)17/h2,4,6,8,10,16H,3,5,7H2,1H3,(H2,13,17)/t8-,10?/m1/s1. The van der Waals surface area contributed by atoms with Gasteiger partial charge in [0.15, 0.2) is 0 Å². The summed E-state index contributed by atoms with van der Waals surface area (Å²) in [4.78, 5) is 17.4. The third-order valence-corrected chi connectivity index (χ3v) is 3.17. The number of carbonyl (C=O) groups excluding carboxylic acids is 1. The van der Waals surface area contributed by atoms with E-state index in [0.29, 0.717) is 6.54 Å². The Balaban J connectivity index is 2.13. The third-order valence-electron chi connectivity index (χ3n) is 3.17. The highest BCUT2D eigenvalue weighted by Crippen LogP contribution is 2.24. The maximum atomic E-state index is 11.1. The summed E-state index contributed by atoms with van der Waals surface area (Å²) >= 11 is 0. The quantitative estimate of drug-likeness (QED) is 0.797. The molecule has 92 valence electrons. The minimum atomic E-state index is -0.508. The molecule has 2 heterocycles. The zero-order valence-corrected chi connectivity index (χ0v) is 9.84. The molecule has 5 nitrogen and oxygen atoms in total. The summed E-state index contributed by atoms with van der Waals surface area (Å²) in [6.07, 6.45) is 1.94. The van der Waals surface area contributed by atoms with Gasteiger partial charge < -0.3 is 15.7 Å². The first-order valence-corrected chi connectivity index (χ1v) is 5.76. The fraction of sp³-hybridized carbons (Fsp3) is 0.500. The minimum absolute atomic E-state index is 0.0907. The normalized spacial score (nSPS) is 21.5. The molecule has 0 saturated carbocycles. The molecular formula is C12H17N3O2. The van der Waals surface area contributed by atoms with Crippen LogP contribution in [0.15, 0.2) is 18.3 Å². The highest BCUT2D eigenvalue weighted by atomic mass is 16.3. The molecule has 3 N–H and O–H groups in total. The molecule has 1 aromatic heterocycles. The zero-order valence-electron chi connectivity index (χ0n) is 9.84. The third kappa shape index (κ3) is 2.55. The molecule has 1 aliphatic rings. The second-order valence-corrected chi connectivity index (χ2v) is 4.46. The summed E-state index contributed by atoms with van der Waals surface area (Å²) in [5.74, 6) is 0.457. The van der Waals surface area contributed by atoms with Crippen molar-refractivity contribution < 1.29 is 9.90 Å². The van der Waals surface area contributed by atoms with Crippen LogP contribution in [0.3, 0.4) is 0 Å². The molecule has 1 fully saturated rings. The number of hydrogen-bond donors (Lipinski definition) is 2. The van der Waals surface area contributed by atoms with Gasteiger partial charge in [-0.15, -0.1) is 0 Å². The van der Waals surface area contributed by atoms with Crippen molar-refractivity contribution in [3.8, 4) is 0 Å². The van der Waals surface area contributed by atoms with Gasteiger partial charge in [0.05, 0.1) is 12.0 Å². The molecule has 0 spiro atoms. The van der Waals surface area contributed by atoms with E-state index in [1.807, 2.05) is 11.0 Å². The predicted octanol–water partition coefficient (Wildman–Crippen LogP) is 0.447. The number of nitrogens with zero attached hydrogens (tertiary/aromatic N) is 2. The Kier molecular flexibility index (Phi) is 3.28. The van der Waals surface area contributed by atoms with Gasteiger partial charge >= 0.3 is 0 Å². The molecule has 0 bridgehead atoms. The predicted molar refractivity (Wildman–Crippen MR) is 64.4 cm³/mol. The van der Waals surface area contributed by atoms with Crippen LogP contribution in [0.4, 0.5) is 5.82 Å². The van der Waals surface area contributed by atoms with Gasteiger partial charge in [-0.2, -0.15) is 0 Å². The van der Waals surface area contributed by atoms with E-state index < -0.39 is 6.10 Å². The van der Waals surface area contributed by atoms with Crippen LogP contribution in [0.2, 0.25) is 0 Å². The number of aliphatic hydroxyl groups is 1. The van der Waals surface area contributed by atoms with Crippen molar-refractivity contribution >= 4 is 11.7 Å². The number of pyridine rings is 1. The number of amides is 1. The lowest BCUT2D eigenvalue weighted by atomic mass is 10.1. The first-order valence-electron chi connectivity index (χ1n) is 5.76. The van der Waals surface area contributed by atoms with Gasteiger partial charge in [0.2, 0.25) is 5.91 Å². The van der Waals surface area contributed by atoms with Crippen LogP contribution in [0, 0.1) is 5.92 Å². The Bertz CT molecular complexity index is 420. The Morgan fingerprint density at radius 1 is 1.71 bits per heavy atom. The second kappa shape index (κ2) is 4.71. The van der Waals surface area contributed by atoms with Gasteiger partial charge in [0.25, 0.3) is 0 Å². The smallest absolute Gasteiger partial charge is 0.222 e. The van der Waals surface area contributed by atoms with Crippen LogP contribution < -0.4 is 10.6 Å². The van der Waals surface area contributed by atoms with E-state index in [4.69, 9.17) is 5.73 Å². The van der Waals surface area contributed by atoms with Crippen LogP contribution in [-0.4, -0.2) is 29.1 Å². The summed E-state index contributed by atoms with van der Waals surface area (Å²) < 4.78 is 0. The van der Waals surface area contributed by atoms with E-state index >= 15 is 0 Å². The fourth-order valence-electron chi connectivity index (χ4n) is 2.07. The van der Waals surface area contributed by atoms with Crippen LogP contribution >= 0.6 is 0 Å². The molecular weight excluding hydrogens is 218 g/mol. The number of rotatable bonds is 3. The molecule has 2 atom stereocenters. The van der Waals surface area contributed by atoms with Gasteiger partial charge in [0, 0.05) is 19.3 Å². The number of primary amides is 1. The lowest BCUT2D eigenvalue weighted by Gasteiger charge is -2.18. The molecule has 0 aromatic carbocycles. The molecule has 1 unspecified atom stereocenters. The molecule has 0 aliphatic carbocycles. The number of carbonyl (C=O) groups is 1. The average molecular weight is 235 g/mol. The number of aromatic nitrogens is 1. The van der Waals surface area contributed by atoms with Crippen molar-refractivity contribution in [2.45, 2.75) is 19.4 Å². The molecule has 2 rings (SSSR count). The van der Waals surface area contributed by atoms with Crippen LogP contribution in [-0.2, 0) is 4.79 Å². The lowest BCUT2D eigenvalue weighted by molar-refractivity contribution is -0.121. The summed E-state index contributed by atoms with van der Waals surface area (Å²) in [5, 5.41) is 9.51. The molecule has 0 radical (unpaired) electrons. The van der Waals surface area contributed by atoms with Gasteiger partial charge in [-0.05, 0) is 31.0 Å². The van der Waals surface area contributed by atoms with Gasteiger partial charge in [-0.3, -0.25) is 4.79 Å². The molecule has 1 amide bonds. The maximum Gasteiger partial charge on any atom is 0.222 e. The van der Waals surface area contributed by atoms with Crippen molar-refractivity contribution in [1.82, 2.24) is 4.98 Å². The average Bonchev–Trinajstić information content (AvgIpc) is 2.78. The van der Waals surface area contributed by atoms with E-state index in [1.54, 1.807) is 19.2 Å². The van der Waals surface area contributed by atoms with Crippen molar-refractivity contribution in [2.75, 3.05) is 18.0 Å². The molecule has 1 aliphatic heterocycles. The molecule has 5 heteroatoms. The lowest BCUT2D eigenvalue weighted by Crippen LogP contribution is -2.27. The molecule has 17 heavy (non-hydrogen) atoms. The first-order chi connectivity index (χ1) is 8.08. The number of anilines is 1. The zero-order chi connectivity index (χ0) is 12.4. The summed E-state index contributed by atoms with van der Waals surface area (Å²) in [6, 6.07) is 3.64. The van der Waals surface area contributed by atoms with Crippen molar-refractivity contribution in [3.63, 3.8) is 0 Å². The summed E-state index contributed by atoms with van der Waals surface area (Å²) in [5.41, 5.74) is 6.12. The Hall–Kier alpha value is -1.62.